The Bertz CT molecular complexity index is 836. The molecule has 1 amide bonds. The van der Waals surface area contributed by atoms with Crippen LogP contribution in [0.3, 0.4) is 0 Å². The number of aliphatic hydroxyl groups excluding tert-OH is 2. The molecular formula is C21H28N2O4S. The van der Waals surface area contributed by atoms with Gasteiger partial charge >= 0.3 is 0 Å². The maximum Gasteiger partial charge on any atom is 0.259 e. The summed E-state index contributed by atoms with van der Waals surface area (Å²) in [6.45, 7) is 4.15. The molecule has 0 bridgehead atoms. The van der Waals surface area contributed by atoms with Crippen LogP contribution >= 0.6 is 11.8 Å². The molecule has 2 unspecified atom stereocenters. The molecule has 0 spiro atoms. The van der Waals surface area contributed by atoms with Crippen LogP contribution in [0.2, 0.25) is 0 Å². The van der Waals surface area contributed by atoms with Gasteiger partial charge in [-0.1, -0.05) is 6.92 Å². The number of benzene rings is 1. The Morgan fingerprint density at radius 2 is 2.04 bits per heavy atom. The molecule has 152 valence electrons. The second-order valence-corrected chi connectivity index (χ2v) is 8.27. The molecule has 0 saturated carbocycles. The van der Waals surface area contributed by atoms with E-state index in [1.165, 1.54) is 16.7 Å². The zero-order valence-electron chi connectivity index (χ0n) is 16.9. The van der Waals surface area contributed by atoms with E-state index >= 15 is 0 Å². The molecule has 0 fully saturated rings. The third-order valence-corrected chi connectivity index (χ3v) is 6.55. The van der Waals surface area contributed by atoms with Crippen LogP contribution < -0.4 is 4.90 Å². The lowest BCUT2D eigenvalue weighted by Gasteiger charge is -2.41. The average molecular weight is 405 g/mol. The molecular weight excluding hydrogens is 376 g/mol. The zero-order valence-corrected chi connectivity index (χ0v) is 17.7. The molecule has 1 heterocycles. The van der Waals surface area contributed by atoms with E-state index < -0.39 is 12.5 Å². The van der Waals surface area contributed by atoms with Gasteiger partial charge in [0.25, 0.3) is 5.91 Å². The summed E-state index contributed by atoms with van der Waals surface area (Å²) < 4.78 is 0. The number of thioether (sulfide) groups is 1. The fourth-order valence-corrected chi connectivity index (χ4v) is 4.90. The van der Waals surface area contributed by atoms with Crippen molar-refractivity contribution in [3.63, 3.8) is 0 Å². The maximum atomic E-state index is 13.3. The predicted octanol–water partition coefficient (Wildman–Crippen LogP) is 2.92. The van der Waals surface area contributed by atoms with Crippen LogP contribution in [0.1, 0.15) is 58.9 Å². The molecule has 0 radical (unpaired) electrons. The molecule has 0 saturated heterocycles. The average Bonchev–Trinajstić information content (AvgIpc) is 2.68. The first-order valence-electron chi connectivity index (χ1n) is 9.68. The third-order valence-electron chi connectivity index (χ3n) is 5.64. The highest BCUT2D eigenvalue weighted by atomic mass is 32.2. The van der Waals surface area contributed by atoms with Gasteiger partial charge in [-0.15, -0.1) is 11.8 Å². The van der Waals surface area contributed by atoms with Gasteiger partial charge in [0.2, 0.25) is 6.35 Å². The van der Waals surface area contributed by atoms with E-state index in [4.69, 9.17) is 0 Å². The smallest absolute Gasteiger partial charge is 0.259 e. The minimum atomic E-state index is -1.02. The number of Topliss-reactive ketones (excluding diaryl/α,β-unsaturated/α-hetero) is 1. The van der Waals surface area contributed by atoms with Crippen molar-refractivity contribution in [3.05, 3.63) is 39.3 Å². The largest absolute Gasteiger partial charge is 0.388 e. The number of allylic oxidation sites excluding steroid dienone is 1. The standard InChI is InChI=1S/C21H28N2O4S/c1-5-11-23-20(26)17-12(2)13(9-10-14(17)22(3)21(23)27)19(25)18-15(24)7-6-8-16(18)28-4/h9-10,15,21,24,27H,5-8,11H2,1-4H3. The number of nitrogens with zero attached hydrogens (tertiary/aromatic N) is 2. The summed E-state index contributed by atoms with van der Waals surface area (Å²) in [5.74, 6) is -0.474. The number of hydrogen-bond acceptors (Lipinski definition) is 6. The topological polar surface area (TPSA) is 81.1 Å². The molecule has 28 heavy (non-hydrogen) atoms. The number of ketones is 1. The van der Waals surface area contributed by atoms with Gasteiger partial charge in [0.05, 0.1) is 17.4 Å². The minimum absolute atomic E-state index is 0.208. The van der Waals surface area contributed by atoms with Crippen LogP contribution in [0, 0.1) is 6.92 Å². The second kappa shape index (κ2) is 8.27. The first-order valence-corrected chi connectivity index (χ1v) is 10.9. The van der Waals surface area contributed by atoms with Crippen LogP contribution in [0.25, 0.3) is 0 Å². The number of fused-ring (bicyclic) bond motifs is 1. The summed E-state index contributed by atoms with van der Waals surface area (Å²) in [7, 11) is 1.73. The van der Waals surface area contributed by atoms with Crippen LogP contribution in [-0.4, -0.2) is 59.1 Å². The number of rotatable bonds is 5. The lowest BCUT2D eigenvalue weighted by molar-refractivity contribution is 0.00432. The van der Waals surface area contributed by atoms with Crippen LogP contribution in [0.15, 0.2) is 22.6 Å². The zero-order chi connectivity index (χ0) is 20.6. The van der Waals surface area contributed by atoms with Gasteiger partial charge in [0, 0.05) is 24.7 Å². The SMILES string of the molecule is CCCN1C(=O)c2c(ccc(C(=O)C3=C(SC)CCCC3O)c2C)N(C)C1O. The summed E-state index contributed by atoms with van der Waals surface area (Å²) in [6, 6.07) is 3.42. The molecule has 2 N–H and O–H groups in total. The summed E-state index contributed by atoms with van der Waals surface area (Å²) in [4.78, 5) is 30.4. The summed E-state index contributed by atoms with van der Waals surface area (Å²) in [6.07, 6.45) is 3.09. The lowest BCUT2D eigenvalue weighted by atomic mass is 9.87. The van der Waals surface area contributed by atoms with Crippen molar-refractivity contribution >= 4 is 29.1 Å². The van der Waals surface area contributed by atoms with Gasteiger partial charge in [0.1, 0.15) is 0 Å². The number of carbonyl (C=O) groups is 2. The van der Waals surface area contributed by atoms with Gasteiger partial charge in [-0.05, 0) is 61.5 Å². The van der Waals surface area contributed by atoms with E-state index in [0.29, 0.717) is 40.9 Å². The van der Waals surface area contributed by atoms with Crippen LogP contribution in [0.4, 0.5) is 5.69 Å². The molecule has 0 aromatic heterocycles. The van der Waals surface area contributed by atoms with E-state index in [2.05, 4.69) is 0 Å². The van der Waals surface area contributed by atoms with Crippen molar-refractivity contribution in [2.45, 2.75) is 52.0 Å². The van der Waals surface area contributed by atoms with Crippen molar-refractivity contribution in [1.29, 1.82) is 0 Å². The highest BCUT2D eigenvalue weighted by molar-refractivity contribution is 8.02. The molecule has 7 heteroatoms. The van der Waals surface area contributed by atoms with Crippen molar-refractivity contribution in [1.82, 2.24) is 4.90 Å². The summed E-state index contributed by atoms with van der Waals surface area (Å²) in [5.41, 5.74) is 2.56. The van der Waals surface area contributed by atoms with E-state index in [-0.39, 0.29) is 11.7 Å². The first-order chi connectivity index (χ1) is 13.3. The Morgan fingerprint density at radius 3 is 2.68 bits per heavy atom. The van der Waals surface area contributed by atoms with Crippen LogP contribution in [-0.2, 0) is 0 Å². The highest BCUT2D eigenvalue weighted by Crippen LogP contribution is 2.37. The van der Waals surface area contributed by atoms with Crippen LogP contribution in [0.5, 0.6) is 0 Å². The number of carbonyl (C=O) groups excluding carboxylic acids is 2. The third kappa shape index (κ3) is 3.36. The van der Waals surface area contributed by atoms with Gasteiger partial charge < -0.3 is 15.1 Å². The van der Waals surface area contributed by atoms with Gasteiger partial charge in [0.15, 0.2) is 5.78 Å². The quantitative estimate of drug-likeness (QED) is 0.735. The molecule has 1 aromatic rings. The highest BCUT2D eigenvalue weighted by Gasteiger charge is 2.37. The van der Waals surface area contributed by atoms with Crippen molar-refractivity contribution < 1.29 is 19.8 Å². The molecule has 1 aliphatic heterocycles. The van der Waals surface area contributed by atoms with E-state index in [0.717, 1.165) is 24.2 Å². The van der Waals surface area contributed by atoms with E-state index in [1.807, 2.05) is 13.2 Å². The Balaban J connectivity index is 2.10. The van der Waals surface area contributed by atoms with Gasteiger partial charge in [-0.2, -0.15) is 0 Å². The Morgan fingerprint density at radius 1 is 1.32 bits per heavy atom. The van der Waals surface area contributed by atoms with E-state index in [1.54, 1.807) is 31.0 Å². The molecule has 1 aliphatic carbocycles. The fraction of sp³-hybridized carbons (Fsp3) is 0.524. The number of amides is 1. The predicted molar refractivity (Wildman–Crippen MR) is 112 cm³/mol. The van der Waals surface area contributed by atoms with Crippen molar-refractivity contribution in [3.8, 4) is 0 Å². The molecule has 6 nitrogen and oxygen atoms in total. The molecule has 2 atom stereocenters. The molecule has 2 aliphatic rings. The Hall–Kier alpha value is -1.83. The molecule has 1 aromatic carbocycles. The summed E-state index contributed by atoms with van der Waals surface area (Å²) in [5, 5.41) is 20.9. The Labute approximate surface area is 170 Å². The number of anilines is 1. The van der Waals surface area contributed by atoms with Crippen molar-refractivity contribution in [2.75, 3.05) is 24.7 Å². The first kappa shape index (κ1) is 20.9. The Kier molecular flexibility index (Phi) is 6.17. The monoisotopic (exact) mass is 404 g/mol. The molecule has 3 rings (SSSR count). The minimum Gasteiger partial charge on any atom is -0.388 e. The van der Waals surface area contributed by atoms with Gasteiger partial charge in [-0.3, -0.25) is 14.5 Å². The number of hydrogen-bond donors (Lipinski definition) is 2. The van der Waals surface area contributed by atoms with Crippen molar-refractivity contribution in [2.24, 2.45) is 0 Å². The fourth-order valence-electron chi connectivity index (χ4n) is 4.10. The number of aliphatic hydroxyl groups is 2. The van der Waals surface area contributed by atoms with E-state index in [9.17, 15) is 19.8 Å². The maximum absolute atomic E-state index is 13.3. The van der Waals surface area contributed by atoms with Gasteiger partial charge in [-0.25, -0.2) is 0 Å². The summed E-state index contributed by atoms with van der Waals surface area (Å²) >= 11 is 1.51. The normalized spacial score (nSPS) is 22.6. The lowest BCUT2D eigenvalue weighted by Crippen LogP contribution is -2.54. The second-order valence-electron chi connectivity index (χ2n) is 7.37.